The molecular formula is C15H12Cl2O3. The average molecular weight is 311 g/mol. The molecule has 5 heteroatoms. The summed E-state index contributed by atoms with van der Waals surface area (Å²) in [6.45, 7) is 0.283. The first-order valence-corrected chi connectivity index (χ1v) is 6.59. The molecule has 0 spiro atoms. The number of methoxy groups -OCH3 is 1. The maximum absolute atomic E-state index is 11.0. The normalized spacial score (nSPS) is 10.2. The Balaban J connectivity index is 2.17. The molecule has 0 amide bonds. The highest BCUT2D eigenvalue weighted by Crippen LogP contribution is 2.26. The Labute approximate surface area is 127 Å². The van der Waals surface area contributed by atoms with Crippen LogP contribution in [0.1, 0.15) is 15.9 Å². The third kappa shape index (κ3) is 3.44. The summed E-state index contributed by atoms with van der Waals surface area (Å²) in [6, 6.07) is 10.3. The quantitative estimate of drug-likeness (QED) is 0.768. The van der Waals surface area contributed by atoms with E-state index in [9.17, 15) is 4.79 Å². The number of hydrogen-bond donors (Lipinski definition) is 0. The molecule has 0 unspecified atom stereocenters. The molecule has 0 aliphatic carbocycles. The maximum Gasteiger partial charge on any atom is 0.153 e. The summed E-state index contributed by atoms with van der Waals surface area (Å²) in [4.78, 5) is 11.0. The predicted molar refractivity (Wildman–Crippen MR) is 79.2 cm³/mol. The van der Waals surface area contributed by atoms with Crippen molar-refractivity contribution in [2.45, 2.75) is 6.61 Å². The SMILES string of the molecule is COc1ccc(C=O)c(OCc2ccc(Cl)c(Cl)c2)c1. The predicted octanol–water partition coefficient (Wildman–Crippen LogP) is 4.39. The summed E-state index contributed by atoms with van der Waals surface area (Å²) in [6.07, 6.45) is 0.740. The van der Waals surface area contributed by atoms with Crippen molar-refractivity contribution < 1.29 is 14.3 Å². The largest absolute Gasteiger partial charge is 0.497 e. The van der Waals surface area contributed by atoms with Gasteiger partial charge < -0.3 is 9.47 Å². The van der Waals surface area contributed by atoms with Gasteiger partial charge in [-0.25, -0.2) is 0 Å². The lowest BCUT2D eigenvalue weighted by Gasteiger charge is -2.10. The van der Waals surface area contributed by atoms with E-state index in [4.69, 9.17) is 32.7 Å². The molecule has 0 saturated carbocycles. The van der Waals surface area contributed by atoms with Crippen LogP contribution in [0.5, 0.6) is 11.5 Å². The first kappa shape index (κ1) is 14.7. The van der Waals surface area contributed by atoms with E-state index in [0.29, 0.717) is 27.1 Å². The molecule has 0 aliphatic heterocycles. The van der Waals surface area contributed by atoms with E-state index in [1.54, 1.807) is 37.4 Å². The lowest BCUT2D eigenvalue weighted by atomic mass is 10.2. The summed E-state index contributed by atoms with van der Waals surface area (Å²) in [5.74, 6) is 1.09. The fraction of sp³-hybridized carbons (Fsp3) is 0.133. The second-order valence-electron chi connectivity index (χ2n) is 4.06. The van der Waals surface area contributed by atoms with Gasteiger partial charge in [0.1, 0.15) is 18.1 Å². The zero-order chi connectivity index (χ0) is 14.5. The first-order valence-electron chi connectivity index (χ1n) is 5.84. The summed E-state index contributed by atoms with van der Waals surface area (Å²) >= 11 is 11.8. The monoisotopic (exact) mass is 310 g/mol. The van der Waals surface area contributed by atoms with Gasteiger partial charge in [0.2, 0.25) is 0 Å². The molecule has 2 rings (SSSR count). The standard InChI is InChI=1S/C15H12Cl2O3/c1-19-12-4-3-11(8-18)15(7-12)20-9-10-2-5-13(16)14(17)6-10/h2-8H,9H2,1H3. The van der Waals surface area contributed by atoms with E-state index in [-0.39, 0.29) is 6.61 Å². The van der Waals surface area contributed by atoms with Gasteiger partial charge in [-0.05, 0) is 29.8 Å². The molecule has 0 radical (unpaired) electrons. The van der Waals surface area contributed by atoms with Crippen LogP contribution in [0.3, 0.4) is 0 Å². The van der Waals surface area contributed by atoms with Crippen molar-refractivity contribution in [1.82, 2.24) is 0 Å². The summed E-state index contributed by atoms with van der Waals surface area (Å²) in [7, 11) is 1.55. The molecule has 0 N–H and O–H groups in total. The highest BCUT2D eigenvalue weighted by atomic mass is 35.5. The van der Waals surface area contributed by atoms with E-state index >= 15 is 0 Å². The molecule has 0 aliphatic rings. The van der Waals surface area contributed by atoms with Crippen molar-refractivity contribution in [2.24, 2.45) is 0 Å². The lowest BCUT2D eigenvalue weighted by molar-refractivity contribution is 0.111. The van der Waals surface area contributed by atoms with E-state index in [0.717, 1.165) is 11.8 Å². The molecule has 0 heterocycles. The minimum absolute atomic E-state index is 0.283. The Morgan fingerprint density at radius 1 is 1.10 bits per heavy atom. The molecule has 2 aromatic carbocycles. The van der Waals surface area contributed by atoms with Gasteiger partial charge in [-0.3, -0.25) is 4.79 Å². The second kappa shape index (κ2) is 6.64. The number of ether oxygens (including phenoxy) is 2. The number of rotatable bonds is 5. The van der Waals surface area contributed by atoms with Crippen LogP contribution in [0.15, 0.2) is 36.4 Å². The molecule has 104 valence electrons. The second-order valence-corrected chi connectivity index (χ2v) is 4.87. The van der Waals surface area contributed by atoms with Gasteiger partial charge in [-0.15, -0.1) is 0 Å². The van der Waals surface area contributed by atoms with Gasteiger partial charge in [0.25, 0.3) is 0 Å². The summed E-state index contributed by atoms with van der Waals surface area (Å²) in [5, 5.41) is 0.958. The Morgan fingerprint density at radius 2 is 1.90 bits per heavy atom. The number of benzene rings is 2. The van der Waals surface area contributed by atoms with Crippen LogP contribution < -0.4 is 9.47 Å². The summed E-state index contributed by atoms with van der Waals surface area (Å²) in [5.41, 5.74) is 1.32. The number of carbonyl (C=O) groups is 1. The smallest absolute Gasteiger partial charge is 0.153 e. The Bertz CT molecular complexity index is 627. The maximum atomic E-state index is 11.0. The van der Waals surface area contributed by atoms with Crippen molar-refractivity contribution in [3.63, 3.8) is 0 Å². The number of halogens is 2. The summed E-state index contributed by atoms with van der Waals surface area (Å²) < 4.78 is 10.7. The molecule has 0 saturated heterocycles. The van der Waals surface area contributed by atoms with E-state index in [1.165, 1.54) is 0 Å². The zero-order valence-corrected chi connectivity index (χ0v) is 12.2. The van der Waals surface area contributed by atoms with Gasteiger partial charge in [0, 0.05) is 6.07 Å². The lowest BCUT2D eigenvalue weighted by Crippen LogP contribution is -1.99. The highest BCUT2D eigenvalue weighted by Gasteiger charge is 2.06. The van der Waals surface area contributed by atoms with Crippen LogP contribution >= 0.6 is 23.2 Å². The Hall–Kier alpha value is -1.71. The van der Waals surface area contributed by atoms with Crippen LogP contribution in [0.25, 0.3) is 0 Å². The van der Waals surface area contributed by atoms with Crippen molar-refractivity contribution in [3.05, 3.63) is 57.6 Å². The van der Waals surface area contributed by atoms with Gasteiger partial charge in [0.05, 0.1) is 22.7 Å². The third-order valence-electron chi connectivity index (χ3n) is 2.73. The van der Waals surface area contributed by atoms with Crippen molar-refractivity contribution in [3.8, 4) is 11.5 Å². The molecule has 0 fully saturated rings. The van der Waals surface area contributed by atoms with Gasteiger partial charge >= 0.3 is 0 Å². The van der Waals surface area contributed by atoms with Crippen LogP contribution in [-0.2, 0) is 6.61 Å². The van der Waals surface area contributed by atoms with Crippen LogP contribution in [0.4, 0.5) is 0 Å². The van der Waals surface area contributed by atoms with Crippen LogP contribution in [0.2, 0.25) is 10.0 Å². The fourth-order valence-corrected chi connectivity index (χ4v) is 1.98. The molecule has 3 nitrogen and oxygen atoms in total. The van der Waals surface area contributed by atoms with Crippen molar-refractivity contribution >= 4 is 29.5 Å². The number of carbonyl (C=O) groups excluding carboxylic acids is 1. The van der Waals surface area contributed by atoms with Crippen LogP contribution in [0, 0.1) is 0 Å². The number of hydrogen-bond acceptors (Lipinski definition) is 3. The third-order valence-corrected chi connectivity index (χ3v) is 3.47. The minimum Gasteiger partial charge on any atom is -0.497 e. The molecule has 0 atom stereocenters. The van der Waals surface area contributed by atoms with Crippen molar-refractivity contribution in [2.75, 3.05) is 7.11 Å². The van der Waals surface area contributed by atoms with E-state index in [2.05, 4.69) is 0 Å². The highest BCUT2D eigenvalue weighted by molar-refractivity contribution is 6.42. The van der Waals surface area contributed by atoms with Crippen LogP contribution in [-0.4, -0.2) is 13.4 Å². The molecule has 20 heavy (non-hydrogen) atoms. The minimum atomic E-state index is 0.283. The first-order chi connectivity index (χ1) is 9.63. The Morgan fingerprint density at radius 3 is 2.55 bits per heavy atom. The molecule has 0 bridgehead atoms. The molecule has 0 aromatic heterocycles. The molecule has 2 aromatic rings. The Kier molecular flexibility index (Phi) is 4.88. The average Bonchev–Trinajstić information content (AvgIpc) is 2.48. The van der Waals surface area contributed by atoms with E-state index in [1.807, 2.05) is 6.07 Å². The topological polar surface area (TPSA) is 35.5 Å². The zero-order valence-electron chi connectivity index (χ0n) is 10.7. The number of aldehydes is 1. The van der Waals surface area contributed by atoms with Gasteiger partial charge in [0.15, 0.2) is 6.29 Å². The van der Waals surface area contributed by atoms with E-state index < -0.39 is 0 Å². The van der Waals surface area contributed by atoms with Gasteiger partial charge in [-0.2, -0.15) is 0 Å². The fourth-order valence-electron chi connectivity index (χ4n) is 1.65. The van der Waals surface area contributed by atoms with Crippen molar-refractivity contribution in [1.29, 1.82) is 0 Å². The molecular weight excluding hydrogens is 299 g/mol. The van der Waals surface area contributed by atoms with Gasteiger partial charge in [-0.1, -0.05) is 29.3 Å².